The quantitative estimate of drug-likeness (QED) is 0.823. The molecule has 118 valence electrons. The van der Waals surface area contributed by atoms with Crippen LogP contribution in [0, 0.1) is 5.82 Å². The fourth-order valence-electron chi connectivity index (χ4n) is 2.11. The number of hydrogen-bond acceptors (Lipinski definition) is 3. The molecule has 0 saturated heterocycles. The highest BCUT2D eigenvalue weighted by Gasteiger charge is 2.07. The zero-order valence-corrected chi connectivity index (χ0v) is 12.9. The van der Waals surface area contributed by atoms with Gasteiger partial charge in [-0.05, 0) is 49.2 Å². The minimum Gasteiger partial charge on any atom is -0.491 e. The van der Waals surface area contributed by atoms with Crippen molar-refractivity contribution in [3.63, 3.8) is 0 Å². The third-order valence-electron chi connectivity index (χ3n) is 3.22. The zero-order valence-electron chi connectivity index (χ0n) is 12.9. The molecule has 0 amide bonds. The summed E-state index contributed by atoms with van der Waals surface area (Å²) in [5.41, 5.74) is 1.82. The molecule has 0 aliphatic rings. The second-order valence-corrected chi connectivity index (χ2v) is 5.51. The van der Waals surface area contributed by atoms with Crippen molar-refractivity contribution in [2.75, 3.05) is 6.54 Å². The number of hydrogen-bond donors (Lipinski definition) is 2. The summed E-state index contributed by atoms with van der Waals surface area (Å²) in [4.78, 5) is 0. The average Bonchev–Trinajstić information content (AvgIpc) is 2.49. The lowest BCUT2D eigenvalue weighted by atomic mass is 10.1. The number of halogens is 1. The molecule has 0 radical (unpaired) electrons. The van der Waals surface area contributed by atoms with Crippen LogP contribution in [-0.2, 0) is 6.54 Å². The van der Waals surface area contributed by atoms with Gasteiger partial charge in [0.1, 0.15) is 11.6 Å². The molecule has 2 rings (SSSR count). The van der Waals surface area contributed by atoms with E-state index in [1.807, 2.05) is 38.1 Å². The summed E-state index contributed by atoms with van der Waals surface area (Å²) >= 11 is 0. The van der Waals surface area contributed by atoms with Gasteiger partial charge in [0, 0.05) is 13.1 Å². The summed E-state index contributed by atoms with van der Waals surface area (Å²) in [5.74, 6) is 0.553. The normalized spacial score (nSPS) is 12.4. The van der Waals surface area contributed by atoms with Gasteiger partial charge in [-0.1, -0.05) is 24.3 Å². The number of aliphatic hydroxyl groups excluding tert-OH is 1. The van der Waals surface area contributed by atoms with Gasteiger partial charge in [0.25, 0.3) is 0 Å². The van der Waals surface area contributed by atoms with Gasteiger partial charge in [-0.25, -0.2) is 4.39 Å². The van der Waals surface area contributed by atoms with Crippen LogP contribution >= 0.6 is 0 Å². The van der Waals surface area contributed by atoms with Crippen molar-refractivity contribution in [2.24, 2.45) is 0 Å². The standard InChI is InChI=1S/C18H22FNO2/c1-13(2)22-17-9-3-14(4-10-17)11-20-12-18(21)15-5-7-16(19)8-6-15/h3-10,13,18,20-21H,11-12H2,1-2H3/t18-/m1/s1. The summed E-state index contributed by atoms with van der Waals surface area (Å²) in [5, 5.41) is 13.2. The monoisotopic (exact) mass is 303 g/mol. The van der Waals surface area contributed by atoms with E-state index in [-0.39, 0.29) is 11.9 Å². The Labute approximate surface area is 130 Å². The van der Waals surface area contributed by atoms with Crippen LogP contribution in [0.1, 0.15) is 31.1 Å². The lowest BCUT2D eigenvalue weighted by Gasteiger charge is -2.13. The Morgan fingerprint density at radius 2 is 1.68 bits per heavy atom. The van der Waals surface area contributed by atoms with Crippen LogP contribution in [0.4, 0.5) is 4.39 Å². The number of rotatable bonds is 7. The fraction of sp³-hybridized carbons (Fsp3) is 0.333. The Kier molecular flexibility index (Phi) is 5.92. The highest BCUT2D eigenvalue weighted by molar-refractivity contribution is 5.27. The molecule has 2 N–H and O–H groups in total. The number of aliphatic hydroxyl groups is 1. The molecule has 0 heterocycles. The van der Waals surface area contributed by atoms with Gasteiger partial charge < -0.3 is 15.2 Å². The maximum absolute atomic E-state index is 12.8. The van der Waals surface area contributed by atoms with Crippen molar-refractivity contribution >= 4 is 0 Å². The molecule has 22 heavy (non-hydrogen) atoms. The summed E-state index contributed by atoms with van der Waals surface area (Å²) in [6.45, 7) is 5.05. The van der Waals surface area contributed by atoms with Gasteiger partial charge in [-0.15, -0.1) is 0 Å². The molecular weight excluding hydrogens is 281 g/mol. The van der Waals surface area contributed by atoms with E-state index in [0.717, 1.165) is 11.3 Å². The van der Waals surface area contributed by atoms with E-state index in [0.29, 0.717) is 18.7 Å². The Balaban J connectivity index is 1.79. The predicted octanol–water partition coefficient (Wildman–Crippen LogP) is 3.44. The van der Waals surface area contributed by atoms with E-state index in [4.69, 9.17) is 4.74 Å². The molecule has 2 aromatic rings. The molecule has 0 bridgehead atoms. The Morgan fingerprint density at radius 3 is 2.27 bits per heavy atom. The first kappa shape index (κ1) is 16.5. The SMILES string of the molecule is CC(C)Oc1ccc(CNC[C@@H](O)c2ccc(F)cc2)cc1. The van der Waals surface area contributed by atoms with Crippen LogP contribution in [0.3, 0.4) is 0 Å². The van der Waals surface area contributed by atoms with Crippen LogP contribution in [0.15, 0.2) is 48.5 Å². The van der Waals surface area contributed by atoms with Gasteiger partial charge in [0.15, 0.2) is 0 Å². The molecule has 0 aliphatic carbocycles. The van der Waals surface area contributed by atoms with Crippen molar-refractivity contribution in [2.45, 2.75) is 32.6 Å². The lowest BCUT2D eigenvalue weighted by molar-refractivity contribution is 0.174. The molecule has 0 aliphatic heterocycles. The van der Waals surface area contributed by atoms with Crippen LogP contribution in [0.25, 0.3) is 0 Å². The van der Waals surface area contributed by atoms with E-state index in [1.54, 1.807) is 12.1 Å². The smallest absolute Gasteiger partial charge is 0.123 e. The van der Waals surface area contributed by atoms with Gasteiger partial charge in [-0.3, -0.25) is 0 Å². The minimum absolute atomic E-state index is 0.162. The highest BCUT2D eigenvalue weighted by atomic mass is 19.1. The van der Waals surface area contributed by atoms with Crippen molar-refractivity contribution in [1.82, 2.24) is 5.32 Å². The average molecular weight is 303 g/mol. The minimum atomic E-state index is -0.649. The molecule has 0 saturated carbocycles. The second kappa shape index (κ2) is 7.92. The van der Waals surface area contributed by atoms with Crippen LogP contribution in [-0.4, -0.2) is 17.8 Å². The van der Waals surface area contributed by atoms with Crippen LogP contribution < -0.4 is 10.1 Å². The zero-order chi connectivity index (χ0) is 15.9. The van der Waals surface area contributed by atoms with E-state index in [9.17, 15) is 9.50 Å². The first-order valence-corrected chi connectivity index (χ1v) is 7.44. The molecule has 1 atom stereocenters. The third-order valence-corrected chi connectivity index (χ3v) is 3.22. The second-order valence-electron chi connectivity index (χ2n) is 5.51. The molecular formula is C18H22FNO2. The van der Waals surface area contributed by atoms with Gasteiger partial charge >= 0.3 is 0 Å². The van der Waals surface area contributed by atoms with E-state index >= 15 is 0 Å². The first-order valence-electron chi connectivity index (χ1n) is 7.44. The van der Waals surface area contributed by atoms with Gasteiger partial charge in [0.05, 0.1) is 12.2 Å². The van der Waals surface area contributed by atoms with Crippen molar-refractivity contribution < 1.29 is 14.2 Å². The molecule has 3 nitrogen and oxygen atoms in total. The molecule has 2 aromatic carbocycles. The van der Waals surface area contributed by atoms with Crippen molar-refractivity contribution in [3.05, 3.63) is 65.5 Å². The summed E-state index contributed by atoms with van der Waals surface area (Å²) in [6.07, 6.45) is -0.487. The Hall–Kier alpha value is -1.91. The highest BCUT2D eigenvalue weighted by Crippen LogP contribution is 2.15. The molecule has 0 fully saturated rings. The maximum Gasteiger partial charge on any atom is 0.123 e. The van der Waals surface area contributed by atoms with E-state index in [2.05, 4.69) is 5.32 Å². The van der Waals surface area contributed by atoms with Crippen LogP contribution in [0.2, 0.25) is 0 Å². The summed E-state index contributed by atoms with van der Waals surface area (Å²) in [7, 11) is 0. The number of benzene rings is 2. The summed E-state index contributed by atoms with van der Waals surface area (Å²) in [6, 6.07) is 13.8. The maximum atomic E-state index is 12.8. The first-order chi connectivity index (χ1) is 10.5. The van der Waals surface area contributed by atoms with E-state index < -0.39 is 6.10 Å². The summed E-state index contributed by atoms with van der Waals surface area (Å²) < 4.78 is 18.4. The van der Waals surface area contributed by atoms with Gasteiger partial charge in [-0.2, -0.15) is 0 Å². The van der Waals surface area contributed by atoms with Crippen molar-refractivity contribution in [1.29, 1.82) is 0 Å². The number of ether oxygens (including phenoxy) is 1. The lowest BCUT2D eigenvalue weighted by Crippen LogP contribution is -2.21. The molecule has 0 spiro atoms. The topological polar surface area (TPSA) is 41.5 Å². The number of nitrogens with one attached hydrogen (secondary N) is 1. The van der Waals surface area contributed by atoms with E-state index in [1.165, 1.54) is 12.1 Å². The fourth-order valence-corrected chi connectivity index (χ4v) is 2.11. The third kappa shape index (κ3) is 5.13. The van der Waals surface area contributed by atoms with Crippen molar-refractivity contribution in [3.8, 4) is 5.75 Å². The van der Waals surface area contributed by atoms with Gasteiger partial charge in [0.2, 0.25) is 0 Å². The predicted molar refractivity (Wildman–Crippen MR) is 85.3 cm³/mol. The Morgan fingerprint density at radius 1 is 1.05 bits per heavy atom. The van der Waals surface area contributed by atoms with Crippen LogP contribution in [0.5, 0.6) is 5.75 Å². The largest absolute Gasteiger partial charge is 0.491 e. The molecule has 0 unspecified atom stereocenters. The molecule has 4 heteroatoms. The molecule has 0 aromatic heterocycles. The Bertz CT molecular complexity index is 567.